The van der Waals surface area contributed by atoms with E-state index in [9.17, 15) is 22.4 Å². The van der Waals surface area contributed by atoms with Crippen LogP contribution in [-0.4, -0.2) is 50.0 Å². The van der Waals surface area contributed by atoms with Gasteiger partial charge >= 0.3 is 5.97 Å². The Morgan fingerprint density at radius 3 is 2.62 bits per heavy atom. The number of nitrogens with one attached hydrogen (secondary N) is 1. The number of rotatable bonds is 7. The van der Waals surface area contributed by atoms with Crippen molar-refractivity contribution in [2.45, 2.75) is 50.3 Å². The number of carbonyl (C=O) groups is 2. The average Bonchev–Trinajstić information content (AvgIpc) is 3.52. The van der Waals surface area contributed by atoms with Crippen LogP contribution in [0.3, 0.4) is 0 Å². The molecule has 1 saturated heterocycles. The maximum absolute atomic E-state index is 14.0. The highest BCUT2D eigenvalue weighted by atomic mass is 32.2. The van der Waals surface area contributed by atoms with Crippen molar-refractivity contribution in [3.8, 4) is 0 Å². The van der Waals surface area contributed by atoms with Gasteiger partial charge in [-0.1, -0.05) is 23.4 Å². The fourth-order valence-electron chi connectivity index (χ4n) is 5.25. The van der Waals surface area contributed by atoms with Gasteiger partial charge < -0.3 is 14.6 Å². The zero-order chi connectivity index (χ0) is 28.4. The molecule has 0 radical (unpaired) electrons. The SMILES string of the molecule is COC(=O)c1c(NC(=O)C2CCN(S(=O)(=O)c3c(C)noc3C=Cc3ccccc3F)CC2)sc2c1CCCC2. The number of aromatic nitrogens is 1. The number of hydrogen-bond donors (Lipinski definition) is 1. The summed E-state index contributed by atoms with van der Waals surface area (Å²) in [5.41, 5.74) is 1.89. The van der Waals surface area contributed by atoms with Gasteiger partial charge in [-0.25, -0.2) is 17.6 Å². The van der Waals surface area contributed by atoms with Crippen molar-refractivity contribution in [1.29, 1.82) is 0 Å². The average molecular weight is 588 g/mol. The molecule has 2 aliphatic rings. The number of piperidine rings is 1. The molecule has 1 aliphatic heterocycles. The van der Waals surface area contributed by atoms with Crippen LogP contribution in [-0.2, 0) is 32.4 Å². The lowest BCUT2D eigenvalue weighted by Gasteiger charge is -2.30. The fourth-order valence-corrected chi connectivity index (χ4v) is 8.25. The molecule has 212 valence electrons. The molecule has 2 aromatic heterocycles. The summed E-state index contributed by atoms with van der Waals surface area (Å²) in [6, 6.07) is 6.12. The molecule has 1 amide bonds. The van der Waals surface area contributed by atoms with Crippen LogP contribution in [0.15, 0.2) is 33.7 Å². The zero-order valence-corrected chi connectivity index (χ0v) is 23.9. The summed E-state index contributed by atoms with van der Waals surface area (Å²) in [4.78, 5) is 26.7. The Hall–Kier alpha value is -3.35. The highest BCUT2D eigenvalue weighted by Gasteiger charge is 2.36. The summed E-state index contributed by atoms with van der Waals surface area (Å²) in [6.45, 7) is 1.80. The van der Waals surface area contributed by atoms with E-state index < -0.39 is 27.7 Å². The number of sulfonamides is 1. The van der Waals surface area contributed by atoms with Gasteiger partial charge in [0, 0.05) is 29.4 Å². The molecule has 12 heteroatoms. The van der Waals surface area contributed by atoms with Gasteiger partial charge in [-0.15, -0.1) is 11.3 Å². The number of hydrogen-bond acceptors (Lipinski definition) is 8. The van der Waals surface area contributed by atoms with Crippen LogP contribution < -0.4 is 5.32 Å². The van der Waals surface area contributed by atoms with Crippen molar-refractivity contribution >= 4 is 50.4 Å². The maximum atomic E-state index is 14.0. The minimum Gasteiger partial charge on any atom is -0.465 e. The molecular formula is C28H30FN3O6S2. The molecular weight excluding hydrogens is 557 g/mol. The number of esters is 1. The Labute approximate surface area is 236 Å². The van der Waals surface area contributed by atoms with Crippen LogP contribution in [0.5, 0.6) is 0 Å². The number of nitrogens with zero attached hydrogens (tertiary/aromatic N) is 2. The summed E-state index contributed by atoms with van der Waals surface area (Å²) < 4.78 is 52.7. The molecule has 0 bridgehead atoms. The molecule has 1 aliphatic carbocycles. The van der Waals surface area contributed by atoms with Gasteiger partial charge in [-0.3, -0.25) is 4.79 Å². The highest BCUT2D eigenvalue weighted by molar-refractivity contribution is 7.89. The molecule has 0 unspecified atom stereocenters. The van der Waals surface area contributed by atoms with Crippen LogP contribution in [0.4, 0.5) is 9.39 Å². The van der Waals surface area contributed by atoms with Gasteiger partial charge in [-0.05, 0) is 69.2 Å². The standard InChI is InChI=1S/C28H30FN3O6S2/c1-17-25(22(38-31-17)12-11-18-7-3-5-9-21(18)29)40(35,36)32-15-13-19(14-16-32)26(33)30-27-24(28(34)37-2)20-8-4-6-10-23(20)39-27/h3,5,7,9,11-12,19H,4,6,8,10,13-16H2,1-2H3,(H,30,33). The molecule has 40 heavy (non-hydrogen) atoms. The third-order valence-electron chi connectivity index (χ3n) is 7.37. The van der Waals surface area contributed by atoms with E-state index in [1.807, 2.05) is 0 Å². The normalized spacial score (nSPS) is 16.7. The van der Waals surface area contributed by atoms with Crippen molar-refractivity contribution in [3.05, 3.63) is 63.1 Å². The minimum atomic E-state index is -3.98. The molecule has 1 fully saturated rings. The Morgan fingerprint density at radius 2 is 1.90 bits per heavy atom. The van der Waals surface area contributed by atoms with Gasteiger partial charge in [0.25, 0.3) is 0 Å². The van der Waals surface area contributed by atoms with Crippen molar-refractivity contribution in [3.63, 3.8) is 0 Å². The Bertz CT molecular complexity index is 1570. The number of ether oxygens (including phenoxy) is 1. The monoisotopic (exact) mass is 587 g/mol. The van der Waals surface area contributed by atoms with Crippen molar-refractivity contribution in [2.24, 2.45) is 5.92 Å². The molecule has 3 aromatic rings. The Kier molecular flexibility index (Phi) is 8.20. The van der Waals surface area contributed by atoms with E-state index >= 15 is 0 Å². The third kappa shape index (κ3) is 5.48. The second kappa shape index (κ2) is 11.6. The number of amides is 1. The predicted octanol–water partition coefficient (Wildman–Crippen LogP) is 5.06. The van der Waals surface area contributed by atoms with E-state index in [-0.39, 0.29) is 40.9 Å². The first kappa shape index (κ1) is 28.2. The second-order valence-electron chi connectivity index (χ2n) is 9.89. The zero-order valence-electron chi connectivity index (χ0n) is 22.2. The quantitative estimate of drug-likeness (QED) is 0.384. The third-order valence-corrected chi connectivity index (χ3v) is 10.6. The summed E-state index contributed by atoms with van der Waals surface area (Å²) in [7, 11) is -2.66. The number of anilines is 1. The topological polar surface area (TPSA) is 119 Å². The van der Waals surface area contributed by atoms with Crippen LogP contribution in [0.2, 0.25) is 0 Å². The van der Waals surface area contributed by atoms with E-state index in [0.717, 1.165) is 36.1 Å². The number of halogens is 1. The van der Waals surface area contributed by atoms with E-state index in [1.165, 1.54) is 47.9 Å². The fraction of sp³-hybridized carbons (Fsp3) is 0.393. The van der Waals surface area contributed by atoms with Gasteiger partial charge in [-0.2, -0.15) is 4.31 Å². The van der Waals surface area contributed by atoms with Crippen LogP contribution in [0, 0.1) is 18.7 Å². The van der Waals surface area contributed by atoms with Crippen LogP contribution in [0.25, 0.3) is 12.2 Å². The van der Waals surface area contributed by atoms with Gasteiger partial charge in [0.05, 0.1) is 12.7 Å². The van der Waals surface area contributed by atoms with E-state index in [2.05, 4.69) is 10.5 Å². The summed E-state index contributed by atoms with van der Waals surface area (Å²) >= 11 is 1.42. The molecule has 0 saturated carbocycles. The van der Waals surface area contributed by atoms with Crippen molar-refractivity contribution in [2.75, 3.05) is 25.5 Å². The van der Waals surface area contributed by atoms with Gasteiger partial charge in [0.2, 0.25) is 15.9 Å². The Morgan fingerprint density at radius 1 is 1.18 bits per heavy atom. The number of fused-ring (bicyclic) bond motifs is 1. The first-order valence-corrected chi connectivity index (χ1v) is 15.4. The summed E-state index contributed by atoms with van der Waals surface area (Å²) in [6.07, 6.45) is 7.14. The Balaban J connectivity index is 1.28. The number of aryl methyl sites for hydroxylation is 2. The lowest BCUT2D eigenvalue weighted by atomic mass is 9.95. The van der Waals surface area contributed by atoms with Crippen molar-refractivity contribution < 1.29 is 31.7 Å². The molecule has 1 aromatic carbocycles. The van der Waals surface area contributed by atoms with Crippen LogP contribution >= 0.6 is 11.3 Å². The van der Waals surface area contributed by atoms with E-state index in [4.69, 9.17) is 9.26 Å². The van der Waals surface area contributed by atoms with Gasteiger partial charge in [0.15, 0.2) is 10.7 Å². The summed E-state index contributed by atoms with van der Waals surface area (Å²) in [5, 5.41) is 7.27. The van der Waals surface area contributed by atoms with Crippen molar-refractivity contribution in [1.82, 2.24) is 9.46 Å². The highest BCUT2D eigenvalue weighted by Crippen LogP contribution is 2.39. The lowest BCUT2D eigenvalue weighted by molar-refractivity contribution is -0.120. The lowest BCUT2D eigenvalue weighted by Crippen LogP contribution is -2.41. The smallest absolute Gasteiger partial charge is 0.341 e. The molecule has 9 nitrogen and oxygen atoms in total. The largest absolute Gasteiger partial charge is 0.465 e. The molecule has 5 rings (SSSR count). The first-order chi connectivity index (χ1) is 19.2. The molecule has 0 atom stereocenters. The summed E-state index contributed by atoms with van der Waals surface area (Å²) in [5.74, 6) is -1.55. The number of methoxy groups -OCH3 is 1. The number of carbonyl (C=O) groups excluding carboxylic acids is 2. The molecule has 3 heterocycles. The number of benzene rings is 1. The second-order valence-corrected chi connectivity index (χ2v) is 12.9. The molecule has 0 spiro atoms. The minimum absolute atomic E-state index is 0.0117. The van der Waals surface area contributed by atoms with E-state index in [1.54, 1.807) is 18.2 Å². The maximum Gasteiger partial charge on any atom is 0.341 e. The first-order valence-electron chi connectivity index (χ1n) is 13.1. The van der Waals surface area contributed by atoms with Gasteiger partial charge in [0.1, 0.15) is 16.5 Å². The number of thiophene rings is 1. The predicted molar refractivity (Wildman–Crippen MR) is 149 cm³/mol. The molecule has 1 N–H and O–H groups in total. The van der Waals surface area contributed by atoms with E-state index in [0.29, 0.717) is 23.4 Å². The van der Waals surface area contributed by atoms with Crippen LogP contribution in [0.1, 0.15) is 63.5 Å².